The number of benzene rings is 2. The zero-order valence-electron chi connectivity index (χ0n) is 19.8. The first-order valence-corrected chi connectivity index (χ1v) is 11.9. The molecule has 0 radical (unpaired) electrons. The van der Waals surface area contributed by atoms with Crippen molar-refractivity contribution in [2.24, 2.45) is 0 Å². The summed E-state index contributed by atoms with van der Waals surface area (Å²) in [5.41, 5.74) is 1.18. The Kier molecular flexibility index (Phi) is 8.71. The highest BCUT2D eigenvalue weighted by Crippen LogP contribution is 2.30. The summed E-state index contributed by atoms with van der Waals surface area (Å²) >= 11 is 0. The van der Waals surface area contributed by atoms with Gasteiger partial charge in [-0.1, -0.05) is 43.7 Å². The third kappa shape index (κ3) is 6.81. The minimum atomic E-state index is -0.944. The smallest absolute Gasteiger partial charge is 0.230 e. The zero-order valence-corrected chi connectivity index (χ0v) is 19.8. The van der Waals surface area contributed by atoms with E-state index in [1.165, 1.54) is 5.56 Å². The van der Waals surface area contributed by atoms with E-state index in [2.05, 4.69) is 36.1 Å². The largest absolute Gasteiger partial charge is 0.494 e. The molecule has 1 aliphatic heterocycles. The monoisotopic (exact) mass is 438 g/mol. The van der Waals surface area contributed by atoms with Crippen LogP contribution in [0.25, 0.3) is 0 Å². The van der Waals surface area contributed by atoms with Gasteiger partial charge in [0.2, 0.25) is 5.91 Å². The summed E-state index contributed by atoms with van der Waals surface area (Å²) < 4.78 is 5.74. The lowest BCUT2D eigenvalue weighted by Gasteiger charge is -2.39. The lowest BCUT2D eigenvalue weighted by Crippen LogP contribution is -2.48. The molecule has 0 aliphatic carbocycles. The maximum Gasteiger partial charge on any atom is 0.230 e. The van der Waals surface area contributed by atoms with Crippen molar-refractivity contribution in [3.8, 4) is 5.75 Å². The van der Waals surface area contributed by atoms with E-state index in [9.17, 15) is 9.90 Å². The van der Waals surface area contributed by atoms with Gasteiger partial charge < -0.3 is 14.7 Å². The third-order valence-electron chi connectivity index (χ3n) is 6.18. The van der Waals surface area contributed by atoms with Crippen molar-refractivity contribution < 1.29 is 14.6 Å². The van der Waals surface area contributed by atoms with Crippen LogP contribution in [0.2, 0.25) is 0 Å². The number of hydrogen-bond acceptors (Lipinski definition) is 4. The third-order valence-corrected chi connectivity index (χ3v) is 6.18. The molecular weight excluding hydrogens is 400 g/mol. The Bertz CT molecular complexity index is 828. The Morgan fingerprint density at radius 3 is 2.34 bits per heavy atom. The molecule has 5 nitrogen and oxygen atoms in total. The molecule has 1 heterocycles. The molecule has 174 valence electrons. The molecule has 32 heavy (non-hydrogen) atoms. The first kappa shape index (κ1) is 24.3. The van der Waals surface area contributed by atoms with Crippen molar-refractivity contribution in [3.05, 3.63) is 60.2 Å². The number of nitrogens with zero attached hydrogens (tertiary/aromatic N) is 2. The van der Waals surface area contributed by atoms with Crippen LogP contribution in [-0.4, -0.2) is 47.3 Å². The molecule has 2 aromatic carbocycles. The number of unbranched alkanes of at least 4 members (excludes halogenated alkanes) is 1. The number of carbonyl (C=O) groups excluding carboxylic acids is 1. The van der Waals surface area contributed by atoms with Crippen LogP contribution in [-0.2, 0) is 11.3 Å². The van der Waals surface area contributed by atoms with Crippen molar-refractivity contribution in [3.63, 3.8) is 0 Å². The number of piperidine rings is 1. The van der Waals surface area contributed by atoms with Crippen LogP contribution in [0.3, 0.4) is 0 Å². The molecule has 1 saturated heterocycles. The van der Waals surface area contributed by atoms with Gasteiger partial charge in [-0.3, -0.25) is 9.69 Å². The molecule has 0 spiro atoms. The maximum absolute atomic E-state index is 13.2. The van der Waals surface area contributed by atoms with Crippen molar-refractivity contribution in [1.82, 2.24) is 4.90 Å². The summed E-state index contributed by atoms with van der Waals surface area (Å²) in [6.07, 6.45) is 3.50. The Hall–Kier alpha value is -2.37. The minimum absolute atomic E-state index is 0.0103. The van der Waals surface area contributed by atoms with E-state index in [0.29, 0.717) is 19.4 Å². The molecule has 0 saturated carbocycles. The van der Waals surface area contributed by atoms with Crippen LogP contribution < -0.4 is 9.64 Å². The van der Waals surface area contributed by atoms with Gasteiger partial charge in [0.05, 0.1) is 18.6 Å². The predicted octanol–water partition coefficient (Wildman–Crippen LogP) is 5.02. The molecule has 1 fully saturated rings. The van der Waals surface area contributed by atoms with E-state index in [1.54, 1.807) is 4.90 Å². The topological polar surface area (TPSA) is 53.0 Å². The summed E-state index contributed by atoms with van der Waals surface area (Å²) in [7, 11) is 0. The van der Waals surface area contributed by atoms with E-state index in [1.807, 2.05) is 44.2 Å². The number of likely N-dealkylation sites (tertiary alicyclic amines) is 1. The van der Waals surface area contributed by atoms with Gasteiger partial charge in [-0.15, -0.1) is 0 Å². The number of ether oxygens (including phenoxy) is 1. The fraction of sp³-hybridized carbons (Fsp3) is 0.519. The molecule has 0 bridgehead atoms. The van der Waals surface area contributed by atoms with E-state index in [4.69, 9.17) is 4.74 Å². The van der Waals surface area contributed by atoms with Gasteiger partial charge >= 0.3 is 0 Å². The average Bonchev–Trinajstić information content (AvgIpc) is 2.77. The van der Waals surface area contributed by atoms with Gasteiger partial charge in [0.15, 0.2) is 0 Å². The highest BCUT2D eigenvalue weighted by atomic mass is 16.5. The fourth-order valence-corrected chi connectivity index (χ4v) is 4.28. The van der Waals surface area contributed by atoms with Gasteiger partial charge in [-0.25, -0.2) is 0 Å². The SMILES string of the molecule is CCCCOc1ccc(N(C(=O)CC2(O)CCN(Cc3ccccc3)CC2)C(C)C)cc1. The maximum atomic E-state index is 13.2. The normalized spacial score (nSPS) is 16.2. The zero-order chi connectivity index (χ0) is 23.0. The number of amides is 1. The number of aliphatic hydroxyl groups is 1. The van der Waals surface area contributed by atoms with E-state index in [0.717, 1.165) is 43.9 Å². The highest BCUT2D eigenvalue weighted by molar-refractivity contribution is 5.94. The fourth-order valence-electron chi connectivity index (χ4n) is 4.28. The highest BCUT2D eigenvalue weighted by Gasteiger charge is 2.36. The first-order valence-electron chi connectivity index (χ1n) is 11.9. The second-order valence-corrected chi connectivity index (χ2v) is 9.22. The van der Waals surface area contributed by atoms with Crippen LogP contribution in [0.4, 0.5) is 5.69 Å². The summed E-state index contributed by atoms with van der Waals surface area (Å²) in [5, 5.41) is 11.2. The summed E-state index contributed by atoms with van der Waals surface area (Å²) in [6.45, 7) is 9.34. The van der Waals surface area contributed by atoms with Crippen molar-refractivity contribution in [1.29, 1.82) is 0 Å². The van der Waals surface area contributed by atoms with Gasteiger partial charge in [0.1, 0.15) is 5.75 Å². The second kappa shape index (κ2) is 11.5. The van der Waals surface area contributed by atoms with Gasteiger partial charge in [-0.05, 0) is 62.9 Å². The van der Waals surface area contributed by atoms with Crippen LogP contribution in [0.5, 0.6) is 5.75 Å². The molecule has 0 aromatic heterocycles. The first-order chi connectivity index (χ1) is 15.4. The molecule has 1 amide bonds. The Labute approximate surface area is 193 Å². The van der Waals surface area contributed by atoms with Crippen molar-refractivity contribution >= 4 is 11.6 Å². The Morgan fingerprint density at radius 2 is 1.75 bits per heavy atom. The Morgan fingerprint density at radius 1 is 1.09 bits per heavy atom. The van der Waals surface area contributed by atoms with Crippen LogP contribution in [0.15, 0.2) is 54.6 Å². The summed E-state index contributed by atoms with van der Waals surface area (Å²) in [6, 6.07) is 18.1. The summed E-state index contributed by atoms with van der Waals surface area (Å²) in [4.78, 5) is 17.4. The molecule has 1 aliphatic rings. The summed E-state index contributed by atoms with van der Waals surface area (Å²) in [5.74, 6) is 0.793. The predicted molar refractivity (Wildman–Crippen MR) is 130 cm³/mol. The van der Waals surface area contributed by atoms with Crippen LogP contribution >= 0.6 is 0 Å². The number of rotatable bonds is 10. The van der Waals surface area contributed by atoms with Crippen molar-refractivity contribution in [2.75, 3.05) is 24.6 Å². The second-order valence-electron chi connectivity index (χ2n) is 9.22. The number of carbonyl (C=O) groups is 1. The van der Waals surface area contributed by atoms with E-state index in [-0.39, 0.29) is 18.4 Å². The molecule has 0 atom stereocenters. The molecule has 5 heteroatoms. The molecule has 0 unspecified atom stereocenters. The van der Waals surface area contributed by atoms with Crippen LogP contribution in [0, 0.1) is 0 Å². The molecular formula is C27H38N2O3. The van der Waals surface area contributed by atoms with E-state index >= 15 is 0 Å². The molecule has 2 aromatic rings. The number of hydrogen-bond donors (Lipinski definition) is 1. The van der Waals surface area contributed by atoms with Crippen LogP contribution in [0.1, 0.15) is 58.4 Å². The standard InChI is InChI=1S/C27H38N2O3/c1-4-5-19-32-25-13-11-24(12-14-25)29(22(2)3)26(30)20-27(31)15-17-28(18-16-27)21-23-9-7-6-8-10-23/h6-14,22,31H,4-5,15-21H2,1-3H3. The van der Waals surface area contributed by atoms with Crippen molar-refractivity contribution in [2.45, 2.75) is 71.1 Å². The Balaban J connectivity index is 1.57. The number of anilines is 1. The molecule has 3 rings (SSSR count). The van der Waals surface area contributed by atoms with Gasteiger partial charge in [-0.2, -0.15) is 0 Å². The van der Waals surface area contributed by atoms with Gasteiger partial charge in [0.25, 0.3) is 0 Å². The average molecular weight is 439 g/mol. The molecule has 1 N–H and O–H groups in total. The van der Waals surface area contributed by atoms with E-state index < -0.39 is 5.60 Å². The quantitative estimate of drug-likeness (QED) is 0.529. The lowest BCUT2D eigenvalue weighted by atomic mass is 9.87. The lowest BCUT2D eigenvalue weighted by molar-refractivity contribution is -0.126. The van der Waals surface area contributed by atoms with Gasteiger partial charge in [0, 0.05) is 31.4 Å². The minimum Gasteiger partial charge on any atom is -0.494 e.